The molecule has 26 rings (SSSR count). The molecule has 0 aliphatic rings. The molecule has 0 bridgehead atoms. The third-order valence-electron chi connectivity index (χ3n) is 25.0. The van der Waals surface area contributed by atoms with Crippen LogP contribution in [0.1, 0.15) is 0 Å². The number of benzene rings is 20. The minimum atomic E-state index is 0.639. The smallest absolute Gasteiger partial charge is 0.166 e. The Morgan fingerprint density at radius 3 is 1.03 bits per heavy atom. The number of rotatable bonds is 13. The van der Waals surface area contributed by atoms with Gasteiger partial charge in [-0.2, -0.15) is 0 Å². The molecule has 0 aliphatic carbocycles. The van der Waals surface area contributed by atoms with Gasteiger partial charge in [-0.1, -0.05) is 370 Å². The van der Waals surface area contributed by atoms with Crippen LogP contribution >= 0.6 is 0 Å². The number of nitrogens with zero attached hydrogens (tertiary/aromatic N) is 11. The predicted octanol–water partition coefficient (Wildman–Crippen LogP) is 30.7. The number of fused-ring (bicyclic) bond motifs is 13. The van der Waals surface area contributed by atoms with Gasteiger partial charge in [-0.3, -0.25) is 0 Å². The first-order valence-corrected chi connectivity index (χ1v) is 44.5. The highest BCUT2D eigenvalue weighted by atomic mass is 16.3. The van der Waals surface area contributed by atoms with Crippen LogP contribution in [-0.4, -0.2) is 54.0 Å². The fraction of sp³-hybridized carbons (Fsp3) is 0. The van der Waals surface area contributed by atoms with Crippen molar-refractivity contribution < 1.29 is 4.42 Å². The molecule has 0 saturated carbocycles. The normalized spacial score (nSPS) is 11.5. The SMILES string of the molecule is c1ccc(-c2nc(-c3ccc4ccccc4c3)nc(-c3ccc(-c4ccc5c(c4)oc4ccccc45)c4ccccc34)n2)cc1.c1ccc(-c2nc(-c3ccccc3)nc(-c3cccc(-c4cccc(-n5c6ccccc6c6cc7ccccc7cc65)c4)c3)n2)cc1.c1ccc(-c2nc(-c3ccccc3)nc(-c3ccccc3-n3c4ccccc4c4cc5ccccc5cc43)n2)cc1. The molecule has 20 aromatic carbocycles. The predicted molar refractivity (Wildman–Crippen MR) is 545 cm³/mol. The van der Waals surface area contributed by atoms with Crippen molar-refractivity contribution in [3.8, 4) is 136 Å². The summed E-state index contributed by atoms with van der Waals surface area (Å²) in [4.78, 5) is 44.9. The fourth-order valence-corrected chi connectivity index (χ4v) is 18.5. The zero-order chi connectivity index (χ0) is 88.1. The largest absolute Gasteiger partial charge is 0.456 e. The van der Waals surface area contributed by atoms with Crippen LogP contribution in [-0.2, 0) is 0 Å². The van der Waals surface area contributed by atoms with Crippen molar-refractivity contribution in [1.29, 1.82) is 0 Å². The zero-order valence-corrected chi connectivity index (χ0v) is 71.8. The van der Waals surface area contributed by atoms with E-state index in [9.17, 15) is 0 Å². The minimum absolute atomic E-state index is 0.639. The van der Waals surface area contributed by atoms with E-state index in [1.807, 2.05) is 170 Å². The molecule has 0 fully saturated rings. The van der Waals surface area contributed by atoms with Gasteiger partial charge < -0.3 is 13.6 Å². The summed E-state index contributed by atoms with van der Waals surface area (Å²) >= 11 is 0. The van der Waals surface area contributed by atoms with Gasteiger partial charge in [-0.25, -0.2) is 44.9 Å². The highest BCUT2D eigenvalue weighted by molar-refractivity contribution is 6.16. The van der Waals surface area contributed by atoms with Crippen LogP contribution in [0.4, 0.5) is 0 Å². The third kappa shape index (κ3) is 14.9. The molecule has 6 aromatic heterocycles. The lowest BCUT2D eigenvalue weighted by molar-refractivity contribution is 0.669. The van der Waals surface area contributed by atoms with Crippen molar-refractivity contribution in [3.05, 3.63) is 467 Å². The maximum Gasteiger partial charge on any atom is 0.166 e. The first-order valence-electron chi connectivity index (χ1n) is 44.5. The molecule has 133 heavy (non-hydrogen) atoms. The Labute approximate surface area is 765 Å². The summed E-state index contributed by atoms with van der Waals surface area (Å²) in [6.07, 6.45) is 0. The van der Waals surface area contributed by atoms with Gasteiger partial charge in [0.2, 0.25) is 0 Å². The van der Waals surface area contributed by atoms with E-state index in [0.717, 1.165) is 133 Å². The van der Waals surface area contributed by atoms with Gasteiger partial charge in [-0.05, 0) is 162 Å². The summed E-state index contributed by atoms with van der Waals surface area (Å²) < 4.78 is 11.0. The molecule has 12 heteroatoms. The Hall–Kier alpha value is -18.1. The lowest BCUT2D eigenvalue weighted by Gasteiger charge is -2.14. The molecule has 12 nitrogen and oxygen atoms in total. The molecule has 0 spiro atoms. The lowest BCUT2D eigenvalue weighted by Crippen LogP contribution is -2.03. The Kier molecular flexibility index (Phi) is 20.0. The van der Waals surface area contributed by atoms with Crippen molar-refractivity contribution in [2.75, 3.05) is 0 Å². The van der Waals surface area contributed by atoms with Crippen molar-refractivity contribution >= 4 is 109 Å². The standard InChI is InChI=1S/C43H28N4.C41H25N3O.C37H24N4/c1-3-13-29(14-4-1)41-44-42(30-15-5-2-6-16-30)46-43(45-41)35-21-11-19-31(25-35)32-20-12-22-36(26-32)47-39-24-10-9-23-37(39)38-27-33-17-7-8-18-34(33)28-40(38)47;1-2-11-27(12-3-1)39-42-40(30-19-18-26-10-4-5-13-28(26)24-30)44-41(43-39)36-23-22-31(32-14-6-7-15-33(32)36)29-20-21-35-34-16-8-9-17-37(34)45-38(35)25-29;1-3-13-25(14-4-1)35-38-36(26-15-5-2-6-16-26)40-37(39-35)30-20-10-12-22-33(30)41-32-21-11-9-19-29(32)31-23-27-17-7-8-18-28(27)24-34(31)41/h1-28H;1-25H;1-24H. The van der Waals surface area contributed by atoms with Crippen molar-refractivity contribution in [2.24, 2.45) is 0 Å². The summed E-state index contributed by atoms with van der Waals surface area (Å²) in [5.41, 5.74) is 21.6. The Morgan fingerprint density at radius 1 is 0.150 bits per heavy atom. The highest BCUT2D eigenvalue weighted by Crippen LogP contribution is 2.44. The van der Waals surface area contributed by atoms with Crippen molar-refractivity contribution in [3.63, 3.8) is 0 Å². The van der Waals surface area contributed by atoms with Crippen LogP contribution < -0.4 is 0 Å². The van der Waals surface area contributed by atoms with E-state index >= 15 is 0 Å². The Balaban J connectivity index is 0.000000110. The van der Waals surface area contributed by atoms with Gasteiger partial charge in [0.05, 0.1) is 27.8 Å². The second-order valence-electron chi connectivity index (χ2n) is 33.1. The molecule has 0 saturated heterocycles. The molecule has 0 aliphatic heterocycles. The van der Waals surface area contributed by atoms with Gasteiger partial charge in [0.1, 0.15) is 11.2 Å². The van der Waals surface area contributed by atoms with E-state index < -0.39 is 0 Å². The topological polar surface area (TPSA) is 139 Å². The zero-order valence-electron chi connectivity index (χ0n) is 71.8. The highest BCUT2D eigenvalue weighted by Gasteiger charge is 2.24. The maximum absolute atomic E-state index is 6.23. The second kappa shape index (κ2) is 33.9. The number of hydrogen-bond donors (Lipinski definition) is 0. The Morgan fingerprint density at radius 2 is 0.496 bits per heavy atom. The van der Waals surface area contributed by atoms with E-state index in [0.29, 0.717) is 52.4 Å². The van der Waals surface area contributed by atoms with Gasteiger partial charge in [-0.15, -0.1) is 0 Å². The summed E-state index contributed by atoms with van der Waals surface area (Å²) in [6.45, 7) is 0. The van der Waals surface area contributed by atoms with Crippen molar-refractivity contribution in [1.82, 2.24) is 54.0 Å². The van der Waals surface area contributed by atoms with Gasteiger partial charge in [0, 0.05) is 88.1 Å². The van der Waals surface area contributed by atoms with E-state index in [1.54, 1.807) is 0 Å². The first kappa shape index (κ1) is 78.4. The second-order valence-corrected chi connectivity index (χ2v) is 33.1. The first-order chi connectivity index (χ1) is 65.9. The molecule has 0 amide bonds. The molecular weight excluding hydrogens is 1620 g/mol. The lowest BCUT2D eigenvalue weighted by atomic mass is 9.94. The van der Waals surface area contributed by atoms with Crippen LogP contribution in [0.25, 0.3) is 245 Å². The third-order valence-corrected chi connectivity index (χ3v) is 25.0. The summed E-state index contributed by atoms with van der Waals surface area (Å²) in [5.74, 6) is 5.82. The maximum atomic E-state index is 6.23. The molecule has 0 radical (unpaired) electrons. The Bertz CT molecular complexity index is 8850. The summed E-state index contributed by atoms with van der Waals surface area (Å²) in [6, 6.07) is 162. The van der Waals surface area contributed by atoms with Gasteiger partial charge in [0.15, 0.2) is 52.4 Å². The quantitative estimate of drug-likeness (QED) is 0.110. The molecule has 0 unspecified atom stereocenters. The van der Waals surface area contributed by atoms with Gasteiger partial charge in [0.25, 0.3) is 0 Å². The van der Waals surface area contributed by atoms with Crippen LogP contribution in [0.5, 0.6) is 0 Å². The van der Waals surface area contributed by atoms with E-state index in [4.69, 9.17) is 49.3 Å². The van der Waals surface area contributed by atoms with Crippen molar-refractivity contribution in [2.45, 2.75) is 0 Å². The monoisotopic (exact) mass is 1700 g/mol. The average Bonchev–Trinajstić information content (AvgIpc) is 1.58. The van der Waals surface area contributed by atoms with Gasteiger partial charge >= 0.3 is 0 Å². The minimum Gasteiger partial charge on any atom is -0.456 e. The summed E-state index contributed by atoms with van der Waals surface area (Å²) in [5, 5.41) is 16.6. The van der Waals surface area contributed by atoms with E-state index in [2.05, 4.69) is 306 Å². The van der Waals surface area contributed by atoms with Crippen LogP contribution in [0, 0.1) is 0 Å². The fourth-order valence-electron chi connectivity index (χ4n) is 18.5. The summed E-state index contributed by atoms with van der Waals surface area (Å²) in [7, 11) is 0. The molecule has 0 atom stereocenters. The number of hydrogen-bond acceptors (Lipinski definition) is 10. The number of aromatic nitrogens is 11. The van der Waals surface area contributed by atoms with Crippen LogP contribution in [0.15, 0.2) is 472 Å². The van der Waals surface area contributed by atoms with E-state index in [-0.39, 0.29) is 0 Å². The molecular formula is C121H77N11O. The molecule has 26 aromatic rings. The van der Waals surface area contributed by atoms with Crippen LogP contribution in [0.2, 0.25) is 0 Å². The number of para-hydroxylation sites is 4. The van der Waals surface area contributed by atoms with Crippen LogP contribution in [0.3, 0.4) is 0 Å². The molecule has 622 valence electrons. The molecule has 6 heterocycles. The van der Waals surface area contributed by atoms with E-state index in [1.165, 1.54) is 59.5 Å². The number of furan rings is 1. The molecule has 0 N–H and O–H groups in total. The average molecular weight is 1700 g/mol.